The van der Waals surface area contributed by atoms with Gasteiger partial charge in [0.25, 0.3) is 5.91 Å². The number of carbonyl (C=O) groups excluding carboxylic acids is 1. The number of ether oxygens (including phenoxy) is 1. The Kier molecular flexibility index (Phi) is 4.99. The molecule has 1 aromatic rings. The summed E-state index contributed by atoms with van der Waals surface area (Å²) < 4.78 is 5.61. The van der Waals surface area contributed by atoms with Crippen LogP contribution in [0.5, 0.6) is 0 Å². The molecule has 4 heteroatoms. The molecule has 1 N–H and O–H groups in total. The maximum absolute atomic E-state index is 12.2. The van der Waals surface area contributed by atoms with Gasteiger partial charge >= 0.3 is 0 Å². The van der Waals surface area contributed by atoms with Crippen molar-refractivity contribution in [2.24, 2.45) is 0 Å². The molecule has 0 spiro atoms. The molecule has 1 fully saturated rings. The minimum atomic E-state index is -0.189. The third kappa shape index (κ3) is 4.01. The summed E-state index contributed by atoms with van der Waals surface area (Å²) in [7, 11) is 1.73. The van der Waals surface area contributed by atoms with E-state index in [0.717, 1.165) is 17.9 Å². The Hall–Kier alpha value is -1.00. The zero-order chi connectivity index (χ0) is 15.5. The average Bonchev–Trinajstić information content (AvgIpc) is 2.93. The summed E-state index contributed by atoms with van der Waals surface area (Å²) in [6.45, 7) is 7.09. The zero-order valence-corrected chi connectivity index (χ0v) is 14.2. The van der Waals surface area contributed by atoms with Gasteiger partial charge in [0, 0.05) is 25.0 Å². The number of methoxy groups -OCH3 is 1. The summed E-state index contributed by atoms with van der Waals surface area (Å²) in [6, 6.07) is 7.87. The molecule has 0 bridgehead atoms. The van der Waals surface area contributed by atoms with Gasteiger partial charge in [-0.15, -0.1) is 0 Å². The summed E-state index contributed by atoms with van der Waals surface area (Å²) in [5.74, 6) is 2.03. The van der Waals surface area contributed by atoms with Gasteiger partial charge in [-0.3, -0.25) is 4.79 Å². The highest BCUT2D eigenvalue weighted by Gasteiger charge is 2.34. The summed E-state index contributed by atoms with van der Waals surface area (Å²) >= 11 is 1.88. The monoisotopic (exact) mass is 307 g/mol. The van der Waals surface area contributed by atoms with Crippen LogP contribution in [0, 0.1) is 0 Å². The van der Waals surface area contributed by atoms with E-state index in [0.29, 0.717) is 12.1 Å². The Labute approximate surface area is 131 Å². The average molecular weight is 307 g/mol. The molecule has 21 heavy (non-hydrogen) atoms. The van der Waals surface area contributed by atoms with Crippen molar-refractivity contribution in [2.75, 3.05) is 25.2 Å². The van der Waals surface area contributed by atoms with Crippen LogP contribution in [0.4, 0.5) is 0 Å². The lowest BCUT2D eigenvalue weighted by Gasteiger charge is -2.26. The Bertz CT molecular complexity index is 485. The molecule has 2 rings (SSSR count). The van der Waals surface area contributed by atoms with Gasteiger partial charge in [0.2, 0.25) is 0 Å². The normalized spacial score (nSPS) is 22.3. The van der Waals surface area contributed by atoms with E-state index in [4.69, 9.17) is 4.74 Å². The predicted octanol–water partition coefficient (Wildman–Crippen LogP) is 3.24. The van der Waals surface area contributed by atoms with E-state index in [1.807, 2.05) is 36.0 Å². The van der Waals surface area contributed by atoms with Gasteiger partial charge in [-0.2, -0.15) is 11.8 Å². The van der Waals surface area contributed by atoms with Crippen LogP contribution < -0.4 is 5.32 Å². The highest BCUT2D eigenvalue weighted by atomic mass is 32.2. The highest BCUT2D eigenvalue weighted by Crippen LogP contribution is 2.30. The first kappa shape index (κ1) is 16.4. The maximum atomic E-state index is 12.2. The van der Waals surface area contributed by atoms with Crippen LogP contribution in [0.3, 0.4) is 0 Å². The number of carbonyl (C=O) groups is 1. The Balaban J connectivity index is 1.97. The quantitative estimate of drug-likeness (QED) is 0.928. The van der Waals surface area contributed by atoms with Gasteiger partial charge in [0.1, 0.15) is 0 Å². The molecule has 0 aliphatic carbocycles. The summed E-state index contributed by atoms with van der Waals surface area (Å²) in [4.78, 5) is 12.2. The van der Waals surface area contributed by atoms with E-state index < -0.39 is 0 Å². The van der Waals surface area contributed by atoms with Crippen LogP contribution >= 0.6 is 11.8 Å². The van der Waals surface area contributed by atoms with Crippen LogP contribution in [0.15, 0.2) is 24.3 Å². The molecule has 1 amide bonds. The van der Waals surface area contributed by atoms with E-state index >= 15 is 0 Å². The van der Waals surface area contributed by atoms with Crippen molar-refractivity contribution in [3.63, 3.8) is 0 Å². The van der Waals surface area contributed by atoms with Crippen molar-refractivity contribution in [3.05, 3.63) is 35.4 Å². The van der Waals surface area contributed by atoms with Crippen LogP contribution in [-0.2, 0) is 10.2 Å². The lowest BCUT2D eigenvalue weighted by molar-refractivity contribution is 0.0137. The topological polar surface area (TPSA) is 38.3 Å². The largest absolute Gasteiger partial charge is 0.376 e. The molecule has 1 heterocycles. The second kappa shape index (κ2) is 6.41. The molecule has 1 aliphatic rings. The van der Waals surface area contributed by atoms with Crippen molar-refractivity contribution >= 4 is 17.7 Å². The van der Waals surface area contributed by atoms with Crippen LogP contribution in [0.2, 0.25) is 0 Å². The molecule has 1 unspecified atom stereocenters. The lowest BCUT2D eigenvalue weighted by Crippen LogP contribution is -2.44. The van der Waals surface area contributed by atoms with Crippen molar-refractivity contribution < 1.29 is 9.53 Å². The first-order chi connectivity index (χ1) is 9.86. The van der Waals surface area contributed by atoms with E-state index in [9.17, 15) is 4.79 Å². The minimum absolute atomic E-state index is 0.0243. The maximum Gasteiger partial charge on any atom is 0.251 e. The molecule has 3 nitrogen and oxygen atoms in total. The molecule has 0 aromatic heterocycles. The van der Waals surface area contributed by atoms with Gasteiger partial charge in [-0.05, 0) is 35.3 Å². The van der Waals surface area contributed by atoms with Crippen LogP contribution in [0.1, 0.15) is 43.1 Å². The Morgan fingerprint density at radius 3 is 2.48 bits per heavy atom. The molecule has 0 saturated carbocycles. The Morgan fingerprint density at radius 1 is 1.33 bits per heavy atom. The molecule has 0 radical (unpaired) electrons. The van der Waals surface area contributed by atoms with E-state index in [1.54, 1.807) is 7.11 Å². The van der Waals surface area contributed by atoms with Crippen molar-refractivity contribution in [2.45, 2.75) is 38.2 Å². The van der Waals surface area contributed by atoms with Gasteiger partial charge in [-0.25, -0.2) is 0 Å². The summed E-state index contributed by atoms with van der Waals surface area (Å²) in [5.41, 5.74) is 1.86. The van der Waals surface area contributed by atoms with Crippen molar-refractivity contribution in [1.82, 2.24) is 5.32 Å². The minimum Gasteiger partial charge on any atom is -0.376 e. The van der Waals surface area contributed by atoms with E-state index in [-0.39, 0.29) is 16.9 Å². The predicted molar refractivity (Wildman–Crippen MR) is 89.2 cm³/mol. The van der Waals surface area contributed by atoms with Gasteiger partial charge in [0.05, 0.1) is 5.60 Å². The molecule has 116 valence electrons. The Morgan fingerprint density at radius 2 is 2.00 bits per heavy atom. The fourth-order valence-electron chi connectivity index (χ4n) is 2.43. The molecular weight excluding hydrogens is 282 g/mol. The first-order valence-corrected chi connectivity index (χ1v) is 8.53. The van der Waals surface area contributed by atoms with Crippen LogP contribution in [0.25, 0.3) is 0 Å². The summed E-state index contributed by atoms with van der Waals surface area (Å²) in [6.07, 6.45) is 0.997. The number of benzene rings is 1. The fourth-order valence-corrected chi connectivity index (χ4v) is 3.82. The standard InChI is InChI=1S/C17H25NO2S/c1-16(2,3)14-7-5-13(6-8-14)15(19)18-11-17(20-4)9-10-21-12-17/h5-8H,9-12H2,1-4H3,(H,18,19). The number of hydrogen-bond acceptors (Lipinski definition) is 3. The zero-order valence-electron chi connectivity index (χ0n) is 13.4. The van der Waals surface area contributed by atoms with Crippen molar-refractivity contribution in [3.8, 4) is 0 Å². The lowest BCUT2D eigenvalue weighted by atomic mass is 9.86. The number of nitrogens with one attached hydrogen (secondary N) is 1. The van der Waals surface area contributed by atoms with Crippen LogP contribution in [-0.4, -0.2) is 36.7 Å². The van der Waals surface area contributed by atoms with E-state index in [1.165, 1.54) is 5.56 Å². The second-order valence-corrected chi connectivity index (χ2v) is 7.80. The van der Waals surface area contributed by atoms with Gasteiger partial charge < -0.3 is 10.1 Å². The molecular formula is C17H25NO2S. The van der Waals surface area contributed by atoms with Gasteiger partial charge in [-0.1, -0.05) is 32.9 Å². The number of hydrogen-bond donors (Lipinski definition) is 1. The number of thioether (sulfide) groups is 1. The highest BCUT2D eigenvalue weighted by molar-refractivity contribution is 7.99. The molecule has 1 atom stereocenters. The third-order valence-electron chi connectivity index (χ3n) is 4.08. The SMILES string of the molecule is COC1(CNC(=O)c2ccc(C(C)(C)C)cc2)CCSC1. The smallest absolute Gasteiger partial charge is 0.251 e. The van der Waals surface area contributed by atoms with Crippen molar-refractivity contribution in [1.29, 1.82) is 0 Å². The molecule has 1 saturated heterocycles. The van der Waals surface area contributed by atoms with E-state index in [2.05, 4.69) is 26.1 Å². The third-order valence-corrected chi connectivity index (χ3v) is 5.31. The second-order valence-electron chi connectivity index (χ2n) is 6.70. The number of amides is 1. The summed E-state index contributed by atoms with van der Waals surface area (Å²) in [5, 5.41) is 3.01. The fraction of sp³-hybridized carbons (Fsp3) is 0.588. The molecule has 1 aliphatic heterocycles. The van der Waals surface area contributed by atoms with Gasteiger partial charge in [0.15, 0.2) is 0 Å². The molecule has 1 aromatic carbocycles. The first-order valence-electron chi connectivity index (χ1n) is 7.38. The number of rotatable bonds is 4.